The van der Waals surface area contributed by atoms with Crippen LogP contribution in [0.3, 0.4) is 0 Å². The summed E-state index contributed by atoms with van der Waals surface area (Å²) in [6.45, 7) is 0. The first-order chi connectivity index (χ1) is 12.5. The van der Waals surface area contributed by atoms with Gasteiger partial charge in [-0.15, -0.1) is 0 Å². The maximum absolute atomic E-state index is 12.2. The first-order valence-electron chi connectivity index (χ1n) is 7.92. The molecular formula is C21H16O4S. The molecule has 26 heavy (non-hydrogen) atoms. The van der Waals surface area contributed by atoms with E-state index in [1.165, 1.54) is 18.2 Å². The smallest absolute Gasteiger partial charge is 0.339 e. The Hall–Kier alpha value is -3.18. The summed E-state index contributed by atoms with van der Waals surface area (Å²) in [6, 6.07) is 23.4. The SMILES string of the molecule is O=C(C=Cc1ccc(OS(=O)(=O)c2ccccc2)cc1)c1ccccc1. The molecule has 0 heterocycles. The number of carbonyl (C=O) groups is 1. The molecule has 0 radical (unpaired) electrons. The minimum atomic E-state index is -3.86. The zero-order valence-corrected chi connectivity index (χ0v) is 14.6. The van der Waals surface area contributed by atoms with Crippen molar-refractivity contribution in [1.29, 1.82) is 0 Å². The molecule has 0 aliphatic rings. The second-order valence-corrected chi connectivity index (χ2v) is 7.03. The molecule has 4 nitrogen and oxygen atoms in total. The zero-order chi connectivity index (χ0) is 18.4. The third-order valence-corrected chi connectivity index (χ3v) is 4.86. The van der Waals surface area contributed by atoms with E-state index in [9.17, 15) is 13.2 Å². The molecule has 0 atom stereocenters. The summed E-state index contributed by atoms with van der Waals surface area (Å²) in [6.07, 6.45) is 3.15. The number of benzene rings is 3. The third-order valence-electron chi connectivity index (χ3n) is 3.60. The molecule has 0 fully saturated rings. The lowest BCUT2D eigenvalue weighted by Crippen LogP contribution is -2.09. The van der Waals surface area contributed by atoms with E-state index in [1.807, 2.05) is 6.07 Å². The predicted molar refractivity (Wildman–Crippen MR) is 101 cm³/mol. The van der Waals surface area contributed by atoms with Crippen LogP contribution in [0.5, 0.6) is 5.75 Å². The minimum Gasteiger partial charge on any atom is -0.379 e. The summed E-state index contributed by atoms with van der Waals surface area (Å²) in [5.74, 6) is 0.109. The molecule has 3 rings (SSSR count). The Labute approximate surface area is 152 Å². The number of allylic oxidation sites excluding steroid dienone is 1. The van der Waals surface area contributed by atoms with E-state index in [2.05, 4.69) is 0 Å². The highest BCUT2D eigenvalue weighted by Crippen LogP contribution is 2.19. The van der Waals surface area contributed by atoms with Crippen molar-refractivity contribution in [3.63, 3.8) is 0 Å². The van der Waals surface area contributed by atoms with Gasteiger partial charge in [0.1, 0.15) is 10.6 Å². The van der Waals surface area contributed by atoms with E-state index in [0.717, 1.165) is 5.56 Å². The second kappa shape index (κ2) is 7.80. The van der Waals surface area contributed by atoms with Gasteiger partial charge in [-0.2, -0.15) is 8.42 Å². The molecule has 5 heteroatoms. The van der Waals surface area contributed by atoms with Gasteiger partial charge in [0.2, 0.25) is 0 Å². The summed E-state index contributed by atoms with van der Waals surface area (Å²) in [4.78, 5) is 12.1. The van der Waals surface area contributed by atoms with Crippen LogP contribution >= 0.6 is 0 Å². The van der Waals surface area contributed by atoms with E-state index in [1.54, 1.807) is 72.8 Å². The highest BCUT2D eigenvalue weighted by Gasteiger charge is 2.15. The van der Waals surface area contributed by atoms with E-state index in [-0.39, 0.29) is 16.4 Å². The monoisotopic (exact) mass is 364 g/mol. The van der Waals surface area contributed by atoms with Crippen molar-refractivity contribution in [2.24, 2.45) is 0 Å². The number of carbonyl (C=O) groups excluding carboxylic acids is 1. The first-order valence-corrected chi connectivity index (χ1v) is 9.32. The van der Waals surface area contributed by atoms with Gasteiger partial charge in [-0.3, -0.25) is 4.79 Å². The van der Waals surface area contributed by atoms with Gasteiger partial charge < -0.3 is 4.18 Å². The largest absolute Gasteiger partial charge is 0.379 e. The van der Waals surface area contributed by atoms with Gasteiger partial charge in [0.15, 0.2) is 5.78 Å². The van der Waals surface area contributed by atoms with Gasteiger partial charge in [-0.05, 0) is 35.9 Å². The Morgan fingerprint density at radius 3 is 1.96 bits per heavy atom. The summed E-state index contributed by atoms with van der Waals surface area (Å²) < 4.78 is 29.5. The van der Waals surface area contributed by atoms with Crippen molar-refractivity contribution < 1.29 is 17.4 Å². The van der Waals surface area contributed by atoms with Gasteiger partial charge in [0.05, 0.1) is 0 Å². The molecule has 0 saturated heterocycles. The molecule has 0 aromatic heterocycles. The van der Waals surface area contributed by atoms with Gasteiger partial charge in [0, 0.05) is 5.56 Å². The maximum Gasteiger partial charge on any atom is 0.339 e. The Balaban J connectivity index is 1.69. The molecule has 0 saturated carbocycles. The fourth-order valence-electron chi connectivity index (χ4n) is 2.27. The molecule has 0 aliphatic heterocycles. The Morgan fingerprint density at radius 1 is 0.769 bits per heavy atom. The van der Waals surface area contributed by atoms with Crippen LogP contribution in [-0.4, -0.2) is 14.2 Å². The van der Waals surface area contributed by atoms with Gasteiger partial charge in [-0.1, -0.05) is 66.7 Å². The number of ketones is 1. The van der Waals surface area contributed by atoms with E-state index in [0.29, 0.717) is 5.56 Å². The van der Waals surface area contributed by atoms with Crippen LogP contribution in [0.4, 0.5) is 0 Å². The molecule has 0 spiro atoms. The van der Waals surface area contributed by atoms with Crippen LogP contribution in [0.1, 0.15) is 15.9 Å². The zero-order valence-electron chi connectivity index (χ0n) is 13.8. The van der Waals surface area contributed by atoms with Crippen LogP contribution in [0.2, 0.25) is 0 Å². The van der Waals surface area contributed by atoms with Crippen molar-refractivity contribution in [3.05, 3.63) is 102 Å². The molecule has 0 bridgehead atoms. The van der Waals surface area contributed by atoms with Gasteiger partial charge in [-0.25, -0.2) is 0 Å². The Morgan fingerprint density at radius 2 is 1.35 bits per heavy atom. The van der Waals surface area contributed by atoms with E-state index >= 15 is 0 Å². The highest BCUT2D eigenvalue weighted by molar-refractivity contribution is 7.87. The topological polar surface area (TPSA) is 60.4 Å². The van der Waals surface area contributed by atoms with Crippen molar-refractivity contribution in [3.8, 4) is 5.75 Å². The lowest BCUT2D eigenvalue weighted by molar-refractivity contribution is 0.104. The standard InChI is InChI=1S/C21H16O4S/c22-21(18-7-3-1-4-8-18)16-13-17-11-14-19(15-12-17)25-26(23,24)20-9-5-2-6-10-20/h1-16H. The van der Waals surface area contributed by atoms with Crippen LogP contribution in [-0.2, 0) is 10.1 Å². The van der Waals surface area contributed by atoms with E-state index < -0.39 is 10.1 Å². The maximum atomic E-state index is 12.2. The van der Waals surface area contributed by atoms with Crippen molar-refractivity contribution in [2.75, 3.05) is 0 Å². The molecular weight excluding hydrogens is 348 g/mol. The van der Waals surface area contributed by atoms with Gasteiger partial charge in [0.25, 0.3) is 0 Å². The number of rotatable bonds is 6. The fraction of sp³-hybridized carbons (Fsp3) is 0. The second-order valence-electron chi connectivity index (χ2n) is 5.48. The van der Waals surface area contributed by atoms with Crippen molar-refractivity contribution in [2.45, 2.75) is 4.90 Å². The van der Waals surface area contributed by atoms with E-state index in [4.69, 9.17) is 4.18 Å². The summed E-state index contributed by atoms with van der Waals surface area (Å²) in [7, 11) is -3.86. The summed E-state index contributed by atoms with van der Waals surface area (Å²) in [5, 5.41) is 0. The quantitative estimate of drug-likeness (QED) is 0.371. The lowest BCUT2D eigenvalue weighted by Gasteiger charge is -2.07. The molecule has 3 aromatic rings. The van der Waals surface area contributed by atoms with Crippen LogP contribution < -0.4 is 4.18 Å². The molecule has 130 valence electrons. The average molecular weight is 364 g/mol. The Kier molecular flexibility index (Phi) is 5.29. The molecule has 0 N–H and O–H groups in total. The van der Waals surface area contributed by atoms with Crippen molar-refractivity contribution >= 4 is 22.0 Å². The summed E-state index contributed by atoms with van der Waals surface area (Å²) in [5.41, 5.74) is 1.37. The van der Waals surface area contributed by atoms with Crippen LogP contribution in [0.25, 0.3) is 6.08 Å². The van der Waals surface area contributed by atoms with Crippen molar-refractivity contribution in [1.82, 2.24) is 0 Å². The normalized spacial score (nSPS) is 11.4. The summed E-state index contributed by atoms with van der Waals surface area (Å²) >= 11 is 0. The molecule has 0 amide bonds. The minimum absolute atomic E-state index is 0.0948. The molecule has 0 unspecified atom stereocenters. The van der Waals surface area contributed by atoms with Crippen LogP contribution in [0.15, 0.2) is 95.9 Å². The Bertz CT molecular complexity index is 1010. The van der Waals surface area contributed by atoms with Gasteiger partial charge >= 0.3 is 10.1 Å². The molecule has 3 aromatic carbocycles. The molecule has 0 aliphatic carbocycles. The average Bonchev–Trinajstić information content (AvgIpc) is 2.68. The predicted octanol–water partition coefficient (Wildman–Crippen LogP) is 4.35. The van der Waals surface area contributed by atoms with Crippen LogP contribution in [0, 0.1) is 0 Å². The lowest BCUT2D eigenvalue weighted by atomic mass is 10.1. The fourth-order valence-corrected chi connectivity index (χ4v) is 3.22. The number of hydrogen-bond acceptors (Lipinski definition) is 4. The number of hydrogen-bond donors (Lipinski definition) is 0. The third kappa shape index (κ3) is 4.46. The highest BCUT2D eigenvalue weighted by atomic mass is 32.2. The first kappa shape index (κ1) is 17.6.